The van der Waals surface area contributed by atoms with Crippen LogP contribution in [0.25, 0.3) is 11.3 Å². The van der Waals surface area contributed by atoms with Crippen molar-refractivity contribution in [1.82, 2.24) is 9.97 Å². The summed E-state index contributed by atoms with van der Waals surface area (Å²) in [5.41, 5.74) is 4.80. The highest BCUT2D eigenvalue weighted by Gasteiger charge is 2.06. The van der Waals surface area contributed by atoms with Gasteiger partial charge in [-0.3, -0.25) is 0 Å². The first-order valence-electron chi connectivity index (χ1n) is 6.42. The zero-order valence-corrected chi connectivity index (χ0v) is 11.7. The molecule has 94 valence electrons. The molecular formula is C15H18N2S. The lowest BCUT2D eigenvalue weighted by atomic mass is 10.0. The van der Waals surface area contributed by atoms with Crippen molar-refractivity contribution in [3.05, 3.63) is 46.4 Å². The molecule has 1 aromatic carbocycles. The van der Waals surface area contributed by atoms with E-state index in [1.54, 1.807) is 6.33 Å². The number of hydrogen-bond acceptors (Lipinski definition) is 2. The summed E-state index contributed by atoms with van der Waals surface area (Å²) in [5.74, 6) is 0. The van der Waals surface area contributed by atoms with E-state index in [4.69, 9.17) is 12.2 Å². The Morgan fingerprint density at radius 1 is 1.28 bits per heavy atom. The summed E-state index contributed by atoms with van der Waals surface area (Å²) in [5, 5.41) is 0. The fourth-order valence-electron chi connectivity index (χ4n) is 2.18. The first kappa shape index (κ1) is 13.0. The van der Waals surface area contributed by atoms with Crippen LogP contribution in [0.15, 0.2) is 30.6 Å². The van der Waals surface area contributed by atoms with Crippen molar-refractivity contribution in [3.8, 4) is 11.3 Å². The number of H-pyrrole nitrogens is 1. The number of nitrogens with zero attached hydrogens (tertiary/aromatic N) is 1. The van der Waals surface area contributed by atoms with Crippen LogP contribution in [0.2, 0.25) is 0 Å². The molecule has 2 aromatic rings. The van der Waals surface area contributed by atoms with Gasteiger partial charge in [0.05, 0.1) is 12.0 Å². The molecule has 2 rings (SSSR count). The van der Waals surface area contributed by atoms with E-state index in [0.717, 1.165) is 30.5 Å². The Hall–Kier alpha value is -1.48. The molecule has 0 saturated carbocycles. The third kappa shape index (κ3) is 2.67. The average Bonchev–Trinajstić information content (AvgIpc) is 2.39. The second-order valence-corrected chi connectivity index (χ2v) is 4.75. The zero-order valence-electron chi connectivity index (χ0n) is 10.9. The van der Waals surface area contributed by atoms with Gasteiger partial charge in [-0.1, -0.05) is 50.7 Å². The summed E-state index contributed by atoms with van der Waals surface area (Å²) in [6.45, 7) is 4.31. The number of hydrogen-bond donors (Lipinski definition) is 1. The van der Waals surface area contributed by atoms with Crippen molar-refractivity contribution in [2.45, 2.75) is 33.1 Å². The molecule has 1 heterocycles. The van der Waals surface area contributed by atoms with E-state index in [9.17, 15) is 0 Å². The van der Waals surface area contributed by atoms with Crippen LogP contribution in [-0.4, -0.2) is 9.97 Å². The van der Waals surface area contributed by atoms with Crippen LogP contribution in [0.3, 0.4) is 0 Å². The van der Waals surface area contributed by atoms with Gasteiger partial charge in [0.1, 0.15) is 4.64 Å². The van der Waals surface area contributed by atoms with Gasteiger partial charge in [0.25, 0.3) is 0 Å². The molecule has 0 radical (unpaired) electrons. The summed E-state index contributed by atoms with van der Waals surface area (Å²) in [6, 6.07) is 8.65. The molecule has 0 bridgehead atoms. The summed E-state index contributed by atoms with van der Waals surface area (Å²) < 4.78 is 0.701. The first-order valence-corrected chi connectivity index (χ1v) is 6.83. The van der Waals surface area contributed by atoms with E-state index in [2.05, 4.69) is 48.1 Å². The number of aromatic amines is 1. The number of aryl methyl sites for hydroxylation is 1. The lowest BCUT2D eigenvalue weighted by Gasteiger charge is -2.09. The standard InChI is InChI=1S/C15H18N2S/c1-3-6-11-7-5-8-12(9-11)14-13(4-2)15(18)17-10-16-14/h5,7-10H,3-4,6H2,1-2H3,(H,16,17,18). The Morgan fingerprint density at radius 3 is 2.83 bits per heavy atom. The molecule has 0 fully saturated rings. The molecule has 18 heavy (non-hydrogen) atoms. The van der Waals surface area contributed by atoms with Gasteiger partial charge in [-0.05, 0) is 30.0 Å². The molecular weight excluding hydrogens is 240 g/mol. The van der Waals surface area contributed by atoms with Crippen LogP contribution < -0.4 is 0 Å². The minimum atomic E-state index is 0.701. The third-order valence-electron chi connectivity index (χ3n) is 3.06. The normalized spacial score (nSPS) is 10.6. The van der Waals surface area contributed by atoms with Crippen molar-refractivity contribution in [1.29, 1.82) is 0 Å². The molecule has 0 aliphatic carbocycles. The predicted molar refractivity (Wildman–Crippen MR) is 78.2 cm³/mol. The Kier molecular flexibility index (Phi) is 4.26. The van der Waals surface area contributed by atoms with Crippen molar-refractivity contribution in [2.75, 3.05) is 0 Å². The quantitative estimate of drug-likeness (QED) is 0.827. The predicted octanol–water partition coefficient (Wildman–Crippen LogP) is 4.32. The maximum atomic E-state index is 5.29. The highest BCUT2D eigenvalue weighted by Crippen LogP contribution is 2.23. The van der Waals surface area contributed by atoms with Crippen molar-refractivity contribution in [2.24, 2.45) is 0 Å². The minimum Gasteiger partial charge on any atom is -0.346 e. The number of aromatic nitrogens is 2. The number of benzene rings is 1. The number of nitrogens with one attached hydrogen (secondary N) is 1. The monoisotopic (exact) mass is 258 g/mol. The van der Waals surface area contributed by atoms with Crippen LogP contribution in [0.5, 0.6) is 0 Å². The Labute approximate surface area is 113 Å². The minimum absolute atomic E-state index is 0.701. The van der Waals surface area contributed by atoms with Crippen LogP contribution in [0, 0.1) is 4.64 Å². The third-order valence-corrected chi connectivity index (χ3v) is 3.41. The number of rotatable bonds is 4. The van der Waals surface area contributed by atoms with Crippen molar-refractivity contribution < 1.29 is 0 Å². The van der Waals surface area contributed by atoms with E-state index in [-0.39, 0.29) is 0 Å². The maximum absolute atomic E-state index is 5.29. The smallest absolute Gasteiger partial charge is 0.133 e. The SMILES string of the molecule is CCCc1cccc(-c2[nH]cnc(=S)c2CC)c1. The van der Waals surface area contributed by atoms with Gasteiger partial charge in [-0.2, -0.15) is 0 Å². The molecule has 0 aliphatic rings. The molecule has 0 aliphatic heterocycles. The van der Waals surface area contributed by atoms with Gasteiger partial charge in [0.2, 0.25) is 0 Å². The summed E-state index contributed by atoms with van der Waals surface area (Å²) in [7, 11) is 0. The zero-order chi connectivity index (χ0) is 13.0. The van der Waals surface area contributed by atoms with Gasteiger partial charge < -0.3 is 4.98 Å². The van der Waals surface area contributed by atoms with Gasteiger partial charge in [-0.15, -0.1) is 0 Å². The van der Waals surface area contributed by atoms with E-state index >= 15 is 0 Å². The fraction of sp³-hybridized carbons (Fsp3) is 0.333. The second-order valence-electron chi connectivity index (χ2n) is 4.37. The fourth-order valence-corrected chi connectivity index (χ4v) is 2.48. The van der Waals surface area contributed by atoms with E-state index in [1.165, 1.54) is 11.1 Å². The van der Waals surface area contributed by atoms with E-state index in [1.807, 2.05) is 0 Å². The van der Waals surface area contributed by atoms with Gasteiger partial charge in [0.15, 0.2) is 0 Å². The van der Waals surface area contributed by atoms with Gasteiger partial charge in [0, 0.05) is 5.56 Å². The Bertz CT molecular complexity index is 587. The highest BCUT2D eigenvalue weighted by molar-refractivity contribution is 7.71. The topological polar surface area (TPSA) is 28.7 Å². The van der Waals surface area contributed by atoms with Gasteiger partial charge >= 0.3 is 0 Å². The molecule has 3 heteroatoms. The molecule has 2 nitrogen and oxygen atoms in total. The Morgan fingerprint density at radius 2 is 2.11 bits per heavy atom. The average molecular weight is 258 g/mol. The molecule has 1 aromatic heterocycles. The molecule has 1 N–H and O–H groups in total. The van der Waals surface area contributed by atoms with Crippen molar-refractivity contribution >= 4 is 12.2 Å². The van der Waals surface area contributed by atoms with E-state index in [0.29, 0.717) is 4.64 Å². The molecule has 0 atom stereocenters. The van der Waals surface area contributed by atoms with Crippen LogP contribution in [-0.2, 0) is 12.8 Å². The van der Waals surface area contributed by atoms with Crippen LogP contribution in [0.4, 0.5) is 0 Å². The highest BCUT2D eigenvalue weighted by atomic mass is 32.1. The largest absolute Gasteiger partial charge is 0.346 e. The summed E-state index contributed by atoms with van der Waals surface area (Å²) in [4.78, 5) is 7.39. The summed E-state index contributed by atoms with van der Waals surface area (Å²) >= 11 is 5.29. The molecule has 0 amide bonds. The summed E-state index contributed by atoms with van der Waals surface area (Å²) in [6.07, 6.45) is 4.86. The molecule has 0 saturated heterocycles. The molecule has 0 spiro atoms. The Balaban J connectivity index is 2.51. The lowest BCUT2D eigenvalue weighted by molar-refractivity contribution is 0.921. The second kappa shape index (κ2) is 5.91. The lowest BCUT2D eigenvalue weighted by Crippen LogP contribution is -1.96. The molecule has 0 unspecified atom stereocenters. The van der Waals surface area contributed by atoms with E-state index < -0.39 is 0 Å². The van der Waals surface area contributed by atoms with Gasteiger partial charge in [-0.25, -0.2) is 4.98 Å². The maximum Gasteiger partial charge on any atom is 0.133 e. The van der Waals surface area contributed by atoms with Crippen LogP contribution in [0.1, 0.15) is 31.4 Å². The van der Waals surface area contributed by atoms with Crippen molar-refractivity contribution in [3.63, 3.8) is 0 Å². The first-order chi connectivity index (χ1) is 8.76. The van der Waals surface area contributed by atoms with Crippen LogP contribution >= 0.6 is 12.2 Å².